The van der Waals surface area contributed by atoms with Gasteiger partial charge in [-0.05, 0) is 48.9 Å². The van der Waals surface area contributed by atoms with Crippen molar-refractivity contribution in [2.45, 2.75) is 44.3 Å². The van der Waals surface area contributed by atoms with Gasteiger partial charge in [-0.25, -0.2) is 0 Å². The van der Waals surface area contributed by atoms with Gasteiger partial charge in [0, 0.05) is 25.7 Å². The van der Waals surface area contributed by atoms with Gasteiger partial charge in [0.25, 0.3) is 0 Å². The van der Waals surface area contributed by atoms with Crippen molar-refractivity contribution in [3.05, 3.63) is 65.7 Å². The average Bonchev–Trinajstić information content (AvgIpc) is 3.27. The fraction of sp³-hybridized carbons (Fsp3) is 0.417. The van der Waals surface area contributed by atoms with Gasteiger partial charge >= 0.3 is 0 Å². The van der Waals surface area contributed by atoms with Crippen LogP contribution >= 0.6 is 0 Å². The molecular formula is C24H29N3O3. The maximum absolute atomic E-state index is 13.5. The van der Waals surface area contributed by atoms with E-state index in [1.54, 1.807) is 19.2 Å². The van der Waals surface area contributed by atoms with Crippen LogP contribution in [0, 0.1) is 5.41 Å². The van der Waals surface area contributed by atoms with E-state index in [4.69, 9.17) is 0 Å². The van der Waals surface area contributed by atoms with E-state index >= 15 is 0 Å². The summed E-state index contributed by atoms with van der Waals surface area (Å²) in [5.41, 5.74) is 1.63. The SMILES string of the molecule is CNC(=O)CNC(=O)[C@]1(Cc2ccccc2)C[C@@H]2CC[C@H]1N2Cc1cccc(O)c1. The first kappa shape index (κ1) is 20.4. The molecule has 2 aliphatic heterocycles. The minimum absolute atomic E-state index is 0.00415. The Morgan fingerprint density at radius 2 is 1.87 bits per heavy atom. The van der Waals surface area contributed by atoms with E-state index in [2.05, 4.69) is 27.7 Å². The van der Waals surface area contributed by atoms with Crippen molar-refractivity contribution < 1.29 is 14.7 Å². The summed E-state index contributed by atoms with van der Waals surface area (Å²) in [5.74, 6) is 0.0268. The largest absolute Gasteiger partial charge is 0.508 e. The van der Waals surface area contributed by atoms with Crippen molar-refractivity contribution in [1.29, 1.82) is 0 Å². The van der Waals surface area contributed by atoms with Crippen LogP contribution in [0.4, 0.5) is 0 Å². The van der Waals surface area contributed by atoms with E-state index in [1.165, 1.54) is 0 Å². The number of aromatic hydroxyl groups is 1. The second-order valence-electron chi connectivity index (χ2n) is 8.47. The molecule has 2 saturated heterocycles. The van der Waals surface area contributed by atoms with Gasteiger partial charge in [-0.2, -0.15) is 0 Å². The van der Waals surface area contributed by atoms with E-state index in [0.29, 0.717) is 19.0 Å². The Bertz CT molecular complexity index is 917. The van der Waals surface area contributed by atoms with E-state index in [-0.39, 0.29) is 30.2 Å². The zero-order chi connectivity index (χ0) is 21.1. The van der Waals surface area contributed by atoms with Gasteiger partial charge in [0.15, 0.2) is 0 Å². The number of phenols is 1. The molecule has 2 heterocycles. The Kier molecular flexibility index (Phi) is 5.77. The normalized spacial score (nSPS) is 25.2. The summed E-state index contributed by atoms with van der Waals surface area (Å²) in [7, 11) is 1.57. The zero-order valence-electron chi connectivity index (χ0n) is 17.3. The highest BCUT2D eigenvalue weighted by atomic mass is 16.3. The lowest BCUT2D eigenvalue weighted by Gasteiger charge is -2.36. The van der Waals surface area contributed by atoms with Crippen LogP contribution in [-0.4, -0.2) is 47.5 Å². The predicted molar refractivity (Wildman–Crippen MR) is 115 cm³/mol. The van der Waals surface area contributed by atoms with Gasteiger partial charge in [0.05, 0.1) is 12.0 Å². The number of hydrogen-bond acceptors (Lipinski definition) is 4. The number of rotatable bonds is 7. The molecule has 30 heavy (non-hydrogen) atoms. The quantitative estimate of drug-likeness (QED) is 0.657. The van der Waals surface area contributed by atoms with Crippen molar-refractivity contribution in [1.82, 2.24) is 15.5 Å². The summed E-state index contributed by atoms with van der Waals surface area (Å²) in [4.78, 5) is 27.6. The number of likely N-dealkylation sites (N-methyl/N-ethyl adjacent to an activating group) is 1. The van der Waals surface area contributed by atoms with E-state index in [1.807, 2.05) is 30.3 Å². The topological polar surface area (TPSA) is 81.7 Å². The molecule has 3 N–H and O–H groups in total. The summed E-state index contributed by atoms with van der Waals surface area (Å²) < 4.78 is 0. The third-order valence-electron chi connectivity index (χ3n) is 6.66. The molecule has 0 spiro atoms. The molecule has 2 amide bonds. The van der Waals surface area contributed by atoms with Crippen molar-refractivity contribution >= 4 is 11.8 Å². The fourth-order valence-corrected chi connectivity index (χ4v) is 5.31. The Morgan fingerprint density at radius 1 is 1.10 bits per heavy atom. The molecule has 2 aromatic rings. The minimum Gasteiger partial charge on any atom is -0.508 e. The summed E-state index contributed by atoms with van der Waals surface area (Å²) in [6, 6.07) is 17.9. The molecule has 158 valence electrons. The molecule has 2 fully saturated rings. The Labute approximate surface area is 177 Å². The van der Waals surface area contributed by atoms with Gasteiger partial charge in [-0.1, -0.05) is 42.5 Å². The first-order valence-corrected chi connectivity index (χ1v) is 10.6. The lowest BCUT2D eigenvalue weighted by molar-refractivity contribution is -0.135. The van der Waals surface area contributed by atoms with Crippen LogP contribution in [-0.2, 0) is 22.6 Å². The zero-order valence-corrected chi connectivity index (χ0v) is 17.3. The number of hydrogen-bond donors (Lipinski definition) is 3. The molecule has 3 atom stereocenters. The number of nitrogens with zero attached hydrogens (tertiary/aromatic N) is 1. The lowest BCUT2D eigenvalue weighted by atomic mass is 9.69. The second kappa shape index (κ2) is 8.48. The average molecular weight is 408 g/mol. The van der Waals surface area contributed by atoms with Gasteiger partial charge in [-0.3, -0.25) is 14.5 Å². The summed E-state index contributed by atoms with van der Waals surface area (Å²) in [6.45, 7) is 0.707. The highest BCUT2D eigenvalue weighted by molar-refractivity contribution is 5.89. The molecule has 0 radical (unpaired) electrons. The predicted octanol–water partition coefficient (Wildman–Crippen LogP) is 2.22. The molecule has 2 aromatic carbocycles. The highest BCUT2D eigenvalue weighted by Crippen LogP contribution is 2.52. The maximum atomic E-state index is 13.5. The second-order valence-corrected chi connectivity index (χ2v) is 8.47. The van der Waals surface area contributed by atoms with Crippen LogP contribution in [0.3, 0.4) is 0 Å². The Morgan fingerprint density at radius 3 is 2.60 bits per heavy atom. The summed E-state index contributed by atoms with van der Waals surface area (Å²) >= 11 is 0. The van der Waals surface area contributed by atoms with Crippen molar-refractivity contribution in [3.63, 3.8) is 0 Å². The van der Waals surface area contributed by atoms with E-state index < -0.39 is 5.41 Å². The molecule has 6 nitrogen and oxygen atoms in total. The smallest absolute Gasteiger partial charge is 0.239 e. The van der Waals surface area contributed by atoms with Crippen molar-refractivity contribution in [3.8, 4) is 5.75 Å². The van der Waals surface area contributed by atoms with Crippen molar-refractivity contribution in [2.24, 2.45) is 5.41 Å². The highest BCUT2D eigenvalue weighted by Gasteiger charge is 2.59. The molecular weight excluding hydrogens is 378 g/mol. The Balaban J connectivity index is 1.61. The van der Waals surface area contributed by atoms with Gasteiger partial charge < -0.3 is 15.7 Å². The fourth-order valence-electron chi connectivity index (χ4n) is 5.31. The molecule has 6 heteroatoms. The van der Waals surface area contributed by atoms with Crippen molar-refractivity contribution in [2.75, 3.05) is 13.6 Å². The van der Waals surface area contributed by atoms with Crippen LogP contribution in [0.15, 0.2) is 54.6 Å². The maximum Gasteiger partial charge on any atom is 0.239 e. The first-order chi connectivity index (χ1) is 14.5. The monoisotopic (exact) mass is 407 g/mol. The Hall–Kier alpha value is -2.86. The van der Waals surface area contributed by atoms with Gasteiger partial charge in [0.1, 0.15) is 5.75 Å². The third-order valence-corrected chi connectivity index (χ3v) is 6.66. The number of carbonyl (C=O) groups is 2. The third kappa shape index (κ3) is 3.92. The molecule has 4 rings (SSSR count). The van der Waals surface area contributed by atoms with Gasteiger partial charge in [0.2, 0.25) is 11.8 Å². The molecule has 2 bridgehead atoms. The first-order valence-electron chi connectivity index (χ1n) is 10.6. The van der Waals surface area contributed by atoms with Gasteiger partial charge in [-0.15, -0.1) is 0 Å². The lowest BCUT2D eigenvalue weighted by Crippen LogP contribution is -2.52. The minimum atomic E-state index is -0.560. The number of amides is 2. The van der Waals surface area contributed by atoms with E-state index in [0.717, 1.165) is 30.4 Å². The number of benzene rings is 2. The number of fused-ring (bicyclic) bond motifs is 2. The molecule has 0 aromatic heterocycles. The number of phenolic OH excluding ortho intramolecular Hbond substituents is 1. The molecule has 0 aliphatic carbocycles. The van der Waals surface area contributed by atoms with E-state index in [9.17, 15) is 14.7 Å². The summed E-state index contributed by atoms with van der Waals surface area (Å²) in [6.07, 6.45) is 3.47. The number of nitrogens with one attached hydrogen (secondary N) is 2. The van der Waals surface area contributed by atoms with Crippen LogP contribution in [0.2, 0.25) is 0 Å². The molecule has 0 unspecified atom stereocenters. The number of carbonyl (C=O) groups excluding carboxylic acids is 2. The van der Waals surface area contributed by atoms with Crippen LogP contribution in [0.25, 0.3) is 0 Å². The van der Waals surface area contributed by atoms with Crippen LogP contribution in [0.5, 0.6) is 5.75 Å². The molecule has 0 saturated carbocycles. The summed E-state index contributed by atoms with van der Waals surface area (Å²) in [5, 5.41) is 15.3. The standard InChI is InChI=1S/C24H29N3O3/c1-25-22(29)15-26-23(30)24(13-17-6-3-2-4-7-17)14-19-10-11-21(24)27(19)16-18-8-5-9-20(28)12-18/h2-9,12,19,21,28H,10-11,13-16H2,1H3,(H,25,29)(H,26,30)/t19-,21+,24+/m0/s1. The molecule has 2 aliphatic rings. The van der Waals surface area contributed by atoms with Crippen LogP contribution < -0.4 is 10.6 Å². The van der Waals surface area contributed by atoms with Crippen LogP contribution in [0.1, 0.15) is 30.4 Å².